The maximum atomic E-state index is 10.8. The van der Waals surface area contributed by atoms with E-state index in [0.717, 1.165) is 22.1 Å². The molecule has 0 amide bonds. The molecule has 2 aromatic heterocycles. The number of nitrogens with zero attached hydrogens (tertiary/aromatic N) is 2. The number of aromatic nitrogens is 1. The normalized spacial score (nSPS) is 10.9. The molecule has 0 spiro atoms. The minimum absolute atomic E-state index is 0.0485. The van der Waals surface area contributed by atoms with Gasteiger partial charge in [0.2, 0.25) is 0 Å². The summed E-state index contributed by atoms with van der Waals surface area (Å²) < 4.78 is 5.88. The fraction of sp³-hybridized carbons (Fsp3) is 0. The summed E-state index contributed by atoms with van der Waals surface area (Å²) in [6.45, 7) is 0. The molecular formula is C19H13ClN3O3S+. The van der Waals surface area contributed by atoms with Crippen LogP contribution in [-0.4, -0.2) is 9.91 Å². The van der Waals surface area contributed by atoms with E-state index in [4.69, 9.17) is 16.0 Å². The van der Waals surface area contributed by atoms with Crippen LogP contribution < -0.4 is 5.32 Å². The monoisotopic (exact) mass is 398 g/mol. The van der Waals surface area contributed by atoms with E-state index < -0.39 is 4.92 Å². The van der Waals surface area contributed by atoms with Gasteiger partial charge in [0.25, 0.3) is 10.8 Å². The van der Waals surface area contributed by atoms with Crippen LogP contribution in [0, 0.1) is 10.1 Å². The van der Waals surface area contributed by atoms with E-state index in [-0.39, 0.29) is 5.69 Å². The van der Waals surface area contributed by atoms with Crippen molar-refractivity contribution in [3.63, 3.8) is 0 Å². The third kappa shape index (κ3) is 3.90. The predicted octanol–water partition coefficient (Wildman–Crippen LogP) is 5.16. The Labute approximate surface area is 163 Å². The molecule has 0 fully saturated rings. The number of thiazole rings is 1. The number of hydrogen-bond acceptors (Lipinski definition) is 5. The number of nitrogens with two attached hydrogens (primary N) is 1. The summed E-state index contributed by atoms with van der Waals surface area (Å²) >= 11 is 7.42. The highest BCUT2D eigenvalue weighted by Crippen LogP contribution is 2.30. The fourth-order valence-corrected chi connectivity index (χ4v) is 3.43. The molecule has 0 bridgehead atoms. The molecule has 134 valence electrons. The fourth-order valence-electron chi connectivity index (χ4n) is 2.55. The minimum atomic E-state index is -0.425. The van der Waals surface area contributed by atoms with Crippen molar-refractivity contribution in [2.75, 3.05) is 0 Å². The third-order valence-corrected chi connectivity index (χ3v) is 4.95. The highest BCUT2D eigenvalue weighted by molar-refractivity contribution is 7.13. The second kappa shape index (κ2) is 7.32. The van der Waals surface area contributed by atoms with Gasteiger partial charge in [-0.25, -0.2) is 0 Å². The summed E-state index contributed by atoms with van der Waals surface area (Å²) in [7, 11) is 0. The first-order valence-corrected chi connectivity index (χ1v) is 9.25. The maximum Gasteiger partial charge on any atom is 0.288 e. The molecule has 0 aliphatic heterocycles. The number of nitro benzene ring substituents is 1. The molecule has 0 atom stereocenters. The first-order chi connectivity index (χ1) is 13.1. The van der Waals surface area contributed by atoms with Gasteiger partial charge in [0, 0.05) is 40.2 Å². The van der Waals surface area contributed by atoms with Gasteiger partial charge in [-0.05, 0) is 36.4 Å². The van der Waals surface area contributed by atoms with E-state index in [9.17, 15) is 10.1 Å². The van der Waals surface area contributed by atoms with Gasteiger partial charge in [-0.3, -0.25) is 15.4 Å². The average molecular weight is 399 g/mol. The van der Waals surface area contributed by atoms with Crippen LogP contribution in [0.5, 0.6) is 0 Å². The molecule has 0 aliphatic rings. The van der Waals surface area contributed by atoms with Crippen molar-refractivity contribution in [3.05, 3.63) is 81.2 Å². The second-order valence-corrected chi connectivity index (χ2v) is 7.06. The molecule has 2 heterocycles. The lowest BCUT2D eigenvalue weighted by Gasteiger charge is -1.97. The van der Waals surface area contributed by atoms with Crippen molar-refractivity contribution in [2.45, 2.75) is 0 Å². The first-order valence-electron chi connectivity index (χ1n) is 7.99. The molecule has 0 aliphatic carbocycles. The van der Waals surface area contributed by atoms with Crippen molar-refractivity contribution in [2.24, 2.45) is 0 Å². The zero-order valence-corrected chi connectivity index (χ0v) is 15.4. The van der Waals surface area contributed by atoms with Gasteiger partial charge in [-0.2, -0.15) is 4.98 Å². The van der Waals surface area contributed by atoms with Gasteiger partial charge in [0.15, 0.2) is 5.76 Å². The Hall–Kier alpha value is -3.00. The Kier molecular flexibility index (Phi) is 4.72. The van der Waals surface area contributed by atoms with Crippen LogP contribution in [0.4, 0.5) is 16.5 Å². The Morgan fingerprint density at radius 1 is 1.00 bits per heavy atom. The molecule has 27 heavy (non-hydrogen) atoms. The van der Waals surface area contributed by atoms with Gasteiger partial charge < -0.3 is 4.42 Å². The van der Waals surface area contributed by atoms with Crippen molar-refractivity contribution < 1.29 is 14.7 Å². The van der Waals surface area contributed by atoms with Gasteiger partial charge in [0.05, 0.1) is 4.92 Å². The lowest BCUT2D eigenvalue weighted by Crippen LogP contribution is -2.70. The Balaban J connectivity index is 1.52. The SMILES string of the molecule is O=[N+]([O-])c1ccc(-c2ccc(-c3csc([NH2+]c4ccc(Cl)cc4)n3)o2)cc1. The number of quaternary nitrogens is 1. The quantitative estimate of drug-likeness (QED) is 0.286. The van der Waals surface area contributed by atoms with Gasteiger partial charge >= 0.3 is 0 Å². The molecule has 0 saturated carbocycles. The minimum Gasteiger partial charge on any atom is -0.454 e. The third-order valence-electron chi connectivity index (χ3n) is 3.90. The van der Waals surface area contributed by atoms with Gasteiger partial charge in [0.1, 0.15) is 17.1 Å². The Morgan fingerprint density at radius 3 is 2.41 bits per heavy atom. The van der Waals surface area contributed by atoms with Crippen LogP contribution in [0.3, 0.4) is 0 Å². The Morgan fingerprint density at radius 2 is 1.70 bits per heavy atom. The van der Waals surface area contributed by atoms with Gasteiger partial charge in [-0.1, -0.05) is 22.9 Å². The number of rotatable bonds is 5. The molecular weight excluding hydrogens is 386 g/mol. The predicted molar refractivity (Wildman–Crippen MR) is 105 cm³/mol. The van der Waals surface area contributed by atoms with Crippen LogP contribution >= 0.6 is 22.9 Å². The number of benzene rings is 2. The van der Waals surface area contributed by atoms with Crippen LogP contribution in [0.2, 0.25) is 5.02 Å². The van der Waals surface area contributed by atoms with Crippen LogP contribution in [0.25, 0.3) is 22.8 Å². The molecule has 0 saturated heterocycles. The molecule has 2 aromatic carbocycles. The van der Waals surface area contributed by atoms with Crippen molar-refractivity contribution >= 4 is 39.4 Å². The lowest BCUT2D eigenvalue weighted by atomic mass is 10.1. The van der Waals surface area contributed by atoms with Crippen LogP contribution in [0.1, 0.15) is 0 Å². The van der Waals surface area contributed by atoms with Crippen LogP contribution in [0.15, 0.2) is 70.5 Å². The van der Waals surface area contributed by atoms with E-state index in [0.29, 0.717) is 16.5 Å². The Bertz CT molecular complexity index is 1090. The highest BCUT2D eigenvalue weighted by atomic mass is 35.5. The summed E-state index contributed by atoms with van der Waals surface area (Å²) in [6, 6.07) is 17.5. The van der Waals surface area contributed by atoms with Crippen molar-refractivity contribution in [1.82, 2.24) is 4.98 Å². The van der Waals surface area contributed by atoms with Crippen molar-refractivity contribution in [1.29, 1.82) is 0 Å². The van der Waals surface area contributed by atoms with E-state index in [1.54, 1.807) is 12.1 Å². The molecule has 6 nitrogen and oxygen atoms in total. The molecule has 2 N–H and O–H groups in total. The number of halogens is 1. The summed E-state index contributed by atoms with van der Waals surface area (Å²) in [5.74, 6) is 1.28. The molecule has 0 unspecified atom stereocenters. The second-order valence-electron chi connectivity index (χ2n) is 5.73. The smallest absolute Gasteiger partial charge is 0.288 e. The lowest BCUT2D eigenvalue weighted by molar-refractivity contribution is -0.478. The van der Waals surface area contributed by atoms with E-state index in [1.165, 1.54) is 23.5 Å². The molecule has 0 radical (unpaired) electrons. The highest BCUT2D eigenvalue weighted by Gasteiger charge is 2.13. The summed E-state index contributed by atoms with van der Waals surface area (Å²) in [5, 5.41) is 16.2. The first kappa shape index (κ1) is 17.4. The molecule has 4 rings (SSSR count). The molecule has 4 aromatic rings. The van der Waals surface area contributed by atoms with Crippen molar-refractivity contribution in [3.8, 4) is 22.8 Å². The van der Waals surface area contributed by atoms with E-state index >= 15 is 0 Å². The number of furan rings is 1. The zero-order chi connectivity index (χ0) is 18.8. The largest absolute Gasteiger partial charge is 0.454 e. The van der Waals surface area contributed by atoms with E-state index in [2.05, 4.69) is 4.98 Å². The average Bonchev–Trinajstić information content (AvgIpc) is 3.33. The summed E-state index contributed by atoms with van der Waals surface area (Å²) in [6.07, 6.45) is 0. The number of hydrogen-bond donors (Lipinski definition) is 1. The molecule has 8 heteroatoms. The zero-order valence-electron chi connectivity index (χ0n) is 13.8. The summed E-state index contributed by atoms with van der Waals surface area (Å²) in [4.78, 5) is 14.9. The van der Waals surface area contributed by atoms with E-state index in [1.807, 2.05) is 47.1 Å². The number of nitro groups is 1. The summed E-state index contributed by atoms with van der Waals surface area (Å²) in [5.41, 5.74) is 2.59. The number of non-ortho nitro benzene ring substituents is 1. The topological polar surface area (TPSA) is 85.8 Å². The van der Waals surface area contributed by atoms with Crippen LogP contribution in [-0.2, 0) is 0 Å². The standard InChI is InChI=1S/C19H12ClN3O3S/c20-13-3-5-14(6-4-13)21-19-22-16(11-27-19)18-10-9-17(26-18)12-1-7-15(8-2-12)23(24)25/h1-11H,(H,21,22)/p+1. The van der Waals surface area contributed by atoms with Gasteiger partial charge in [-0.15, -0.1) is 0 Å². The maximum absolute atomic E-state index is 10.8.